The molecule has 5 rings (SSSR count). The van der Waals surface area contributed by atoms with Crippen molar-refractivity contribution < 1.29 is 32.3 Å². The molecule has 0 bridgehead atoms. The van der Waals surface area contributed by atoms with Gasteiger partial charge in [-0.25, -0.2) is 9.78 Å². The highest BCUT2D eigenvalue weighted by Gasteiger charge is 2.45. The Hall–Kier alpha value is -3.12. The predicted molar refractivity (Wildman–Crippen MR) is 112 cm³/mol. The standard InChI is InChI=1S/C19H20N4O2S.C2HF3O2/c1-13-20-14(12-26-13)8-23-18-11-21(9-15-4-3-7-25-15)10-17(18)22-6-2-5-16(22)19(23)24;3-2(4,5)1(6)7/h2-7,12,17-18H,8-11H2,1H3;(H,6,7). The molecule has 2 atom stereocenters. The van der Waals surface area contributed by atoms with Gasteiger partial charge in [-0.1, -0.05) is 0 Å². The third kappa shape index (κ3) is 4.96. The Morgan fingerprint density at radius 3 is 2.58 bits per heavy atom. The van der Waals surface area contributed by atoms with Crippen LogP contribution >= 0.6 is 11.3 Å². The third-order valence-corrected chi connectivity index (χ3v) is 6.37. The molecule has 8 nitrogen and oxygen atoms in total. The number of aliphatic carboxylic acids is 1. The Balaban J connectivity index is 0.000000325. The van der Waals surface area contributed by atoms with Crippen molar-refractivity contribution in [1.29, 1.82) is 0 Å². The van der Waals surface area contributed by atoms with Crippen LogP contribution in [0.4, 0.5) is 13.2 Å². The molecule has 0 saturated carbocycles. The van der Waals surface area contributed by atoms with E-state index in [1.54, 1.807) is 17.6 Å². The summed E-state index contributed by atoms with van der Waals surface area (Å²) in [4.78, 5) is 30.9. The van der Waals surface area contributed by atoms with E-state index in [9.17, 15) is 18.0 Å². The summed E-state index contributed by atoms with van der Waals surface area (Å²) in [7, 11) is 0. The molecule has 12 heteroatoms. The summed E-state index contributed by atoms with van der Waals surface area (Å²) in [6.07, 6.45) is -1.34. The van der Waals surface area contributed by atoms with E-state index in [0.29, 0.717) is 6.54 Å². The van der Waals surface area contributed by atoms with Gasteiger partial charge in [0.05, 0.1) is 42.1 Å². The average Bonchev–Trinajstić information content (AvgIpc) is 3.52. The van der Waals surface area contributed by atoms with Gasteiger partial charge in [-0.05, 0) is 31.2 Å². The van der Waals surface area contributed by atoms with Gasteiger partial charge < -0.3 is 19.0 Å². The van der Waals surface area contributed by atoms with Crippen LogP contribution in [0, 0.1) is 6.92 Å². The summed E-state index contributed by atoms with van der Waals surface area (Å²) >= 11 is 1.63. The zero-order valence-electron chi connectivity index (χ0n) is 17.5. The highest BCUT2D eigenvalue weighted by molar-refractivity contribution is 7.09. The molecule has 1 N–H and O–H groups in total. The maximum atomic E-state index is 13.1. The van der Waals surface area contributed by atoms with Gasteiger partial charge >= 0.3 is 12.1 Å². The van der Waals surface area contributed by atoms with Gasteiger partial charge in [0.15, 0.2) is 0 Å². The van der Waals surface area contributed by atoms with Crippen molar-refractivity contribution in [1.82, 2.24) is 19.4 Å². The second kappa shape index (κ2) is 9.02. The third-order valence-electron chi connectivity index (χ3n) is 5.55. The molecule has 1 fully saturated rings. The number of carbonyl (C=O) groups excluding carboxylic acids is 1. The fraction of sp³-hybridized carbons (Fsp3) is 0.381. The summed E-state index contributed by atoms with van der Waals surface area (Å²) in [6.45, 7) is 5.10. The number of aryl methyl sites for hydroxylation is 1. The molecule has 5 heterocycles. The molecule has 3 aromatic heterocycles. The summed E-state index contributed by atoms with van der Waals surface area (Å²) in [5.74, 6) is -1.70. The molecule has 3 aromatic rings. The van der Waals surface area contributed by atoms with Crippen LogP contribution < -0.4 is 0 Å². The van der Waals surface area contributed by atoms with E-state index >= 15 is 0 Å². The fourth-order valence-electron chi connectivity index (χ4n) is 4.19. The minimum atomic E-state index is -5.08. The van der Waals surface area contributed by atoms with Crippen molar-refractivity contribution in [2.24, 2.45) is 0 Å². The maximum absolute atomic E-state index is 13.1. The maximum Gasteiger partial charge on any atom is 0.490 e. The number of furan rings is 1. The molecule has 0 spiro atoms. The monoisotopic (exact) mass is 482 g/mol. The second-order valence-corrected chi connectivity index (χ2v) is 8.86. The van der Waals surface area contributed by atoms with Gasteiger partial charge in [-0.3, -0.25) is 9.69 Å². The van der Waals surface area contributed by atoms with Crippen LogP contribution in [-0.2, 0) is 17.9 Å². The van der Waals surface area contributed by atoms with Gasteiger partial charge in [0, 0.05) is 24.7 Å². The topological polar surface area (TPSA) is 91.8 Å². The van der Waals surface area contributed by atoms with Crippen LogP contribution in [0.3, 0.4) is 0 Å². The Labute approximate surface area is 190 Å². The molecule has 2 aliphatic rings. The number of thiazole rings is 1. The SMILES string of the molecule is Cc1nc(CN2C(=O)c3cccn3C3CN(Cc4ccco4)CC32)cs1.O=C(O)C(F)(F)F. The Morgan fingerprint density at radius 2 is 1.97 bits per heavy atom. The first kappa shape index (κ1) is 23.1. The van der Waals surface area contributed by atoms with Gasteiger partial charge in [0.25, 0.3) is 5.91 Å². The molecule has 0 radical (unpaired) electrons. The minimum Gasteiger partial charge on any atom is -0.475 e. The van der Waals surface area contributed by atoms with E-state index in [4.69, 9.17) is 14.3 Å². The average molecular weight is 482 g/mol. The molecule has 1 saturated heterocycles. The first-order valence-corrected chi connectivity index (χ1v) is 10.9. The van der Waals surface area contributed by atoms with Crippen LogP contribution in [0.5, 0.6) is 0 Å². The zero-order valence-corrected chi connectivity index (χ0v) is 18.3. The number of carboxylic acids is 1. The largest absolute Gasteiger partial charge is 0.490 e. The number of carboxylic acid groups (broad SMARTS) is 1. The second-order valence-electron chi connectivity index (χ2n) is 7.80. The van der Waals surface area contributed by atoms with Crippen molar-refractivity contribution in [2.75, 3.05) is 13.1 Å². The predicted octanol–water partition coefficient (Wildman–Crippen LogP) is 3.56. The summed E-state index contributed by atoms with van der Waals surface area (Å²) < 4.78 is 39.4. The molecule has 2 unspecified atom stereocenters. The van der Waals surface area contributed by atoms with Crippen LogP contribution in [0.25, 0.3) is 0 Å². The molecular weight excluding hydrogens is 461 g/mol. The summed E-state index contributed by atoms with van der Waals surface area (Å²) in [5.41, 5.74) is 1.75. The lowest BCUT2D eigenvalue weighted by molar-refractivity contribution is -0.192. The Kier molecular flexibility index (Phi) is 6.30. The van der Waals surface area contributed by atoms with E-state index in [0.717, 1.165) is 41.8 Å². The van der Waals surface area contributed by atoms with Crippen LogP contribution in [0.15, 0.2) is 46.5 Å². The lowest BCUT2D eigenvalue weighted by Gasteiger charge is -2.38. The molecular formula is C21H21F3N4O4S. The lowest BCUT2D eigenvalue weighted by atomic mass is 10.1. The summed E-state index contributed by atoms with van der Waals surface area (Å²) in [5, 5.41) is 10.2. The normalized spacial score (nSPS) is 20.2. The molecule has 1 amide bonds. The quantitative estimate of drug-likeness (QED) is 0.612. The van der Waals surface area contributed by atoms with Gasteiger partial charge in [0.2, 0.25) is 0 Å². The first-order chi connectivity index (χ1) is 15.6. The van der Waals surface area contributed by atoms with Crippen molar-refractivity contribution in [3.05, 3.63) is 64.3 Å². The molecule has 0 aromatic carbocycles. The van der Waals surface area contributed by atoms with Crippen molar-refractivity contribution in [3.8, 4) is 0 Å². The number of hydrogen-bond acceptors (Lipinski definition) is 6. The zero-order chi connectivity index (χ0) is 23.8. The highest BCUT2D eigenvalue weighted by atomic mass is 32.1. The molecule has 33 heavy (non-hydrogen) atoms. The van der Waals surface area contributed by atoms with Gasteiger partial charge in [-0.2, -0.15) is 13.2 Å². The van der Waals surface area contributed by atoms with Crippen molar-refractivity contribution in [3.63, 3.8) is 0 Å². The number of amides is 1. The highest BCUT2D eigenvalue weighted by Crippen LogP contribution is 2.35. The number of aromatic nitrogens is 2. The number of rotatable bonds is 4. The fourth-order valence-corrected chi connectivity index (χ4v) is 4.79. The molecule has 2 aliphatic heterocycles. The van der Waals surface area contributed by atoms with Crippen molar-refractivity contribution >= 4 is 23.2 Å². The molecule has 0 aliphatic carbocycles. The summed E-state index contributed by atoms with van der Waals surface area (Å²) in [6, 6.07) is 8.24. The van der Waals surface area contributed by atoms with Crippen molar-refractivity contribution in [2.45, 2.75) is 38.3 Å². The van der Waals surface area contributed by atoms with E-state index < -0.39 is 12.1 Å². The number of nitrogens with zero attached hydrogens (tertiary/aromatic N) is 4. The van der Waals surface area contributed by atoms with Crippen LogP contribution in [0.1, 0.15) is 33.0 Å². The number of carbonyl (C=O) groups is 2. The number of likely N-dealkylation sites (tertiary alicyclic amines) is 1. The Bertz CT molecular complexity index is 1120. The number of halogens is 3. The van der Waals surface area contributed by atoms with Crippen LogP contribution in [0.2, 0.25) is 0 Å². The van der Waals surface area contributed by atoms with E-state index in [2.05, 4.69) is 19.8 Å². The van der Waals surface area contributed by atoms with Gasteiger partial charge in [-0.15, -0.1) is 11.3 Å². The number of hydrogen-bond donors (Lipinski definition) is 1. The smallest absolute Gasteiger partial charge is 0.475 e. The molecule has 176 valence electrons. The van der Waals surface area contributed by atoms with Gasteiger partial charge in [0.1, 0.15) is 11.5 Å². The van der Waals surface area contributed by atoms with E-state index in [1.165, 1.54) is 0 Å². The number of alkyl halides is 3. The van der Waals surface area contributed by atoms with Crippen LogP contribution in [-0.4, -0.2) is 61.6 Å². The van der Waals surface area contributed by atoms with E-state index in [-0.39, 0.29) is 18.0 Å². The minimum absolute atomic E-state index is 0.0988. The lowest BCUT2D eigenvalue weighted by Crippen LogP contribution is -2.49. The van der Waals surface area contributed by atoms with E-state index in [1.807, 2.05) is 42.3 Å². The first-order valence-electron chi connectivity index (χ1n) is 10.1. The Morgan fingerprint density at radius 1 is 1.24 bits per heavy atom. The number of fused-ring (bicyclic) bond motifs is 3.